The smallest absolute Gasteiger partial charge is 0.0320 e. The van der Waals surface area contributed by atoms with Crippen LogP contribution >= 0.6 is 47.4 Å². The fraction of sp³-hybridized carbons (Fsp3) is 0.500. The quantitative estimate of drug-likeness (QED) is 0.783. The van der Waals surface area contributed by atoms with Crippen LogP contribution in [-0.4, -0.2) is 31.1 Å². The van der Waals surface area contributed by atoms with Gasteiger partial charge in [0.1, 0.15) is 0 Å². The van der Waals surface area contributed by atoms with Gasteiger partial charge in [0.05, 0.1) is 0 Å². The summed E-state index contributed by atoms with van der Waals surface area (Å²) in [6.07, 6.45) is 0. The summed E-state index contributed by atoms with van der Waals surface area (Å²) in [5.74, 6) is 0. The van der Waals surface area contributed by atoms with Crippen LogP contribution in [0.3, 0.4) is 0 Å². The normalized spacial score (nSPS) is 17.8. The maximum atomic E-state index is 3.39. The van der Waals surface area contributed by atoms with Crippen LogP contribution in [0.4, 0.5) is 0 Å². The van der Waals surface area contributed by atoms with E-state index in [1.54, 1.807) is 0 Å². The summed E-state index contributed by atoms with van der Waals surface area (Å²) in [6.45, 7) is 6.86. The highest BCUT2D eigenvalue weighted by molar-refractivity contribution is 14.1. The highest BCUT2D eigenvalue weighted by atomic mass is 127. The predicted octanol–water partition coefficient (Wildman–Crippen LogP) is 3.10. The molecule has 17 heavy (non-hydrogen) atoms. The fourth-order valence-electron chi connectivity index (χ4n) is 2.02. The highest BCUT2D eigenvalue weighted by Gasteiger charge is 2.17. The molecule has 1 aromatic rings. The number of benzene rings is 1. The molecule has 0 unspecified atom stereocenters. The molecule has 0 aliphatic carbocycles. The molecule has 0 spiro atoms. The third kappa shape index (κ3) is 4.91. The molecule has 2 nitrogen and oxygen atoms in total. The second-order valence-corrected chi connectivity index (χ2v) is 5.26. The van der Waals surface area contributed by atoms with E-state index in [1.807, 2.05) is 0 Å². The van der Waals surface area contributed by atoms with Gasteiger partial charge in [-0.3, -0.25) is 4.90 Å². The zero-order valence-electron chi connectivity index (χ0n) is 9.86. The fourth-order valence-corrected chi connectivity index (χ4v) is 2.38. The van der Waals surface area contributed by atoms with E-state index in [-0.39, 0.29) is 24.8 Å². The van der Waals surface area contributed by atoms with Gasteiger partial charge >= 0.3 is 0 Å². The molecule has 1 atom stereocenters. The Morgan fingerprint density at radius 3 is 2.18 bits per heavy atom. The first-order valence-electron chi connectivity index (χ1n) is 5.47. The molecular weight excluding hydrogens is 370 g/mol. The van der Waals surface area contributed by atoms with E-state index < -0.39 is 0 Å². The van der Waals surface area contributed by atoms with E-state index in [0.29, 0.717) is 6.04 Å². The van der Waals surface area contributed by atoms with Gasteiger partial charge in [0.25, 0.3) is 0 Å². The van der Waals surface area contributed by atoms with Gasteiger partial charge in [-0.2, -0.15) is 0 Å². The molecule has 0 amide bonds. The lowest BCUT2D eigenvalue weighted by atomic mass is 10.1. The van der Waals surface area contributed by atoms with Gasteiger partial charge in [-0.15, -0.1) is 24.8 Å². The van der Waals surface area contributed by atoms with Crippen molar-refractivity contribution >= 4 is 47.4 Å². The first-order valence-corrected chi connectivity index (χ1v) is 6.55. The molecule has 1 aliphatic rings. The highest BCUT2D eigenvalue weighted by Crippen LogP contribution is 2.21. The van der Waals surface area contributed by atoms with Gasteiger partial charge in [-0.05, 0) is 47.2 Å². The largest absolute Gasteiger partial charge is 0.314 e. The number of hydrogen-bond acceptors (Lipinski definition) is 2. The Bertz CT molecular complexity index is 313. The van der Waals surface area contributed by atoms with Crippen molar-refractivity contribution in [2.24, 2.45) is 0 Å². The van der Waals surface area contributed by atoms with E-state index in [1.165, 1.54) is 9.13 Å². The van der Waals surface area contributed by atoms with Crippen molar-refractivity contribution in [3.63, 3.8) is 0 Å². The Balaban J connectivity index is 0.00000128. The molecule has 0 saturated carbocycles. The molecule has 1 fully saturated rings. The molecule has 2 rings (SSSR count). The van der Waals surface area contributed by atoms with Crippen molar-refractivity contribution in [2.45, 2.75) is 13.0 Å². The lowest BCUT2D eigenvalue weighted by molar-refractivity contribution is 0.185. The van der Waals surface area contributed by atoms with Crippen LogP contribution in [0, 0.1) is 3.57 Å². The summed E-state index contributed by atoms with van der Waals surface area (Å²) < 4.78 is 1.31. The molecule has 1 N–H and O–H groups in total. The SMILES string of the molecule is C[C@@H](c1ccc(I)cc1)N1CCNCC1.Cl.Cl. The second-order valence-electron chi connectivity index (χ2n) is 4.01. The average Bonchev–Trinajstić information content (AvgIpc) is 2.30. The van der Waals surface area contributed by atoms with Gasteiger partial charge in [-0.25, -0.2) is 0 Å². The number of piperazine rings is 1. The molecule has 0 aromatic heterocycles. The Morgan fingerprint density at radius 1 is 1.12 bits per heavy atom. The van der Waals surface area contributed by atoms with Crippen LogP contribution in [0.25, 0.3) is 0 Å². The maximum Gasteiger partial charge on any atom is 0.0320 e. The minimum atomic E-state index is 0. The first kappa shape index (κ1) is 17.4. The summed E-state index contributed by atoms with van der Waals surface area (Å²) >= 11 is 2.35. The summed E-state index contributed by atoms with van der Waals surface area (Å²) in [5, 5.41) is 3.39. The maximum absolute atomic E-state index is 3.39. The number of nitrogens with zero attached hydrogens (tertiary/aromatic N) is 1. The van der Waals surface area contributed by atoms with Gasteiger partial charge < -0.3 is 5.32 Å². The molecule has 1 saturated heterocycles. The van der Waals surface area contributed by atoms with Crippen molar-refractivity contribution in [2.75, 3.05) is 26.2 Å². The van der Waals surface area contributed by atoms with Gasteiger partial charge in [-0.1, -0.05) is 12.1 Å². The number of halogens is 3. The third-order valence-corrected chi connectivity index (χ3v) is 3.77. The Morgan fingerprint density at radius 2 is 1.65 bits per heavy atom. The van der Waals surface area contributed by atoms with Crippen LogP contribution in [0.1, 0.15) is 18.5 Å². The summed E-state index contributed by atoms with van der Waals surface area (Å²) in [4.78, 5) is 2.54. The topological polar surface area (TPSA) is 15.3 Å². The average molecular weight is 389 g/mol. The number of rotatable bonds is 2. The minimum absolute atomic E-state index is 0. The van der Waals surface area contributed by atoms with E-state index in [4.69, 9.17) is 0 Å². The van der Waals surface area contributed by atoms with E-state index in [2.05, 4.69) is 64.0 Å². The van der Waals surface area contributed by atoms with Crippen molar-refractivity contribution in [1.29, 1.82) is 0 Å². The van der Waals surface area contributed by atoms with Gasteiger partial charge in [0.2, 0.25) is 0 Å². The second kappa shape index (κ2) is 8.53. The predicted molar refractivity (Wildman–Crippen MR) is 86.5 cm³/mol. The number of hydrogen-bond donors (Lipinski definition) is 1. The molecule has 1 heterocycles. The van der Waals surface area contributed by atoms with Crippen LogP contribution in [0.2, 0.25) is 0 Å². The molecule has 5 heteroatoms. The molecule has 0 bridgehead atoms. The van der Waals surface area contributed by atoms with Crippen LogP contribution in [0.15, 0.2) is 24.3 Å². The van der Waals surface area contributed by atoms with E-state index >= 15 is 0 Å². The van der Waals surface area contributed by atoms with Crippen LogP contribution in [0.5, 0.6) is 0 Å². The molecule has 1 aliphatic heterocycles. The Hall–Kier alpha value is 0.450. The summed E-state index contributed by atoms with van der Waals surface area (Å²) in [5.41, 5.74) is 1.43. The number of nitrogens with one attached hydrogen (secondary N) is 1. The lowest BCUT2D eigenvalue weighted by Gasteiger charge is -2.33. The zero-order valence-corrected chi connectivity index (χ0v) is 13.6. The lowest BCUT2D eigenvalue weighted by Crippen LogP contribution is -2.44. The molecule has 1 aromatic carbocycles. The van der Waals surface area contributed by atoms with Crippen molar-refractivity contribution < 1.29 is 0 Å². The van der Waals surface area contributed by atoms with Crippen molar-refractivity contribution in [1.82, 2.24) is 10.2 Å². The van der Waals surface area contributed by atoms with Gasteiger partial charge in [0.15, 0.2) is 0 Å². The molecule has 0 radical (unpaired) electrons. The van der Waals surface area contributed by atoms with Crippen LogP contribution in [-0.2, 0) is 0 Å². The minimum Gasteiger partial charge on any atom is -0.314 e. The Kier molecular flexibility index (Phi) is 8.76. The molecular formula is C12H19Cl2IN2. The molecule has 98 valence electrons. The third-order valence-electron chi connectivity index (χ3n) is 3.05. The van der Waals surface area contributed by atoms with E-state index in [0.717, 1.165) is 26.2 Å². The van der Waals surface area contributed by atoms with Crippen molar-refractivity contribution in [3.8, 4) is 0 Å². The van der Waals surface area contributed by atoms with E-state index in [9.17, 15) is 0 Å². The zero-order chi connectivity index (χ0) is 10.7. The summed E-state index contributed by atoms with van der Waals surface area (Å²) in [6, 6.07) is 9.41. The monoisotopic (exact) mass is 388 g/mol. The van der Waals surface area contributed by atoms with Gasteiger partial charge in [0, 0.05) is 35.8 Å². The first-order chi connectivity index (χ1) is 7.27. The van der Waals surface area contributed by atoms with Crippen LogP contribution < -0.4 is 5.32 Å². The van der Waals surface area contributed by atoms with Crippen molar-refractivity contribution in [3.05, 3.63) is 33.4 Å². The summed E-state index contributed by atoms with van der Waals surface area (Å²) in [7, 11) is 0. The standard InChI is InChI=1S/C12H17IN2.2ClH/c1-10(15-8-6-14-7-9-15)11-2-4-12(13)5-3-11;;/h2-5,10,14H,6-9H2,1H3;2*1H/t10-;;/m0../s1. The Labute approximate surface area is 129 Å².